The molecule has 0 bridgehead atoms. The maximum atomic E-state index is 10.3. The molecule has 1 aromatic rings. The van der Waals surface area contributed by atoms with Crippen molar-refractivity contribution in [3.63, 3.8) is 0 Å². The average molecular weight is 239 g/mol. The number of carboxylic acid groups (broad SMARTS) is 2. The van der Waals surface area contributed by atoms with Gasteiger partial charge in [-0.25, -0.2) is 4.79 Å². The highest BCUT2D eigenvalue weighted by molar-refractivity contribution is 5.93. The van der Waals surface area contributed by atoms with Crippen LogP contribution in [0.1, 0.15) is 23.7 Å². The zero-order valence-electron chi connectivity index (χ0n) is 9.21. The number of carboxylic acids is 2. The number of benzene rings is 1. The number of aromatic carboxylic acids is 1. The van der Waals surface area contributed by atoms with E-state index in [0.717, 1.165) is 0 Å². The molecule has 0 aromatic heterocycles. The SMILES string of the molecule is CC(=O)CC(=O)O.Nc1ccc(C(=O)O)cc1. The van der Waals surface area contributed by atoms with E-state index in [1.54, 1.807) is 12.1 Å². The Morgan fingerprint density at radius 3 is 1.82 bits per heavy atom. The molecule has 0 aliphatic rings. The first kappa shape index (κ1) is 14.6. The lowest BCUT2D eigenvalue weighted by molar-refractivity contribution is -0.139. The third-order valence-corrected chi connectivity index (χ3v) is 1.56. The van der Waals surface area contributed by atoms with Crippen LogP contribution in [0.2, 0.25) is 0 Å². The molecular formula is C11H13NO5. The van der Waals surface area contributed by atoms with Crippen molar-refractivity contribution in [2.45, 2.75) is 13.3 Å². The molecule has 92 valence electrons. The minimum absolute atomic E-state index is 0.259. The Labute approximate surface area is 97.7 Å². The lowest BCUT2D eigenvalue weighted by atomic mass is 10.2. The number of Topliss-reactive ketones (excluding diaryl/α,β-unsaturated/α-hetero) is 1. The monoisotopic (exact) mass is 239 g/mol. The van der Waals surface area contributed by atoms with Gasteiger partial charge in [0.15, 0.2) is 0 Å². The van der Waals surface area contributed by atoms with Crippen LogP contribution >= 0.6 is 0 Å². The largest absolute Gasteiger partial charge is 0.481 e. The van der Waals surface area contributed by atoms with Gasteiger partial charge in [-0.05, 0) is 31.2 Å². The molecule has 0 aliphatic carbocycles. The fourth-order valence-corrected chi connectivity index (χ4v) is 0.839. The number of carbonyl (C=O) groups is 3. The molecule has 0 heterocycles. The number of hydrogen-bond donors (Lipinski definition) is 3. The molecule has 4 N–H and O–H groups in total. The van der Waals surface area contributed by atoms with Crippen LogP contribution in [0.5, 0.6) is 0 Å². The molecule has 0 saturated carbocycles. The predicted molar refractivity (Wildman–Crippen MR) is 60.7 cm³/mol. The molecular weight excluding hydrogens is 226 g/mol. The van der Waals surface area contributed by atoms with Crippen LogP contribution in [0.15, 0.2) is 24.3 Å². The molecule has 0 atom stereocenters. The van der Waals surface area contributed by atoms with Gasteiger partial charge in [0.05, 0.1) is 5.56 Å². The van der Waals surface area contributed by atoms with E-state index in [1.807, 2.05) is 0 Å². The van der Waals surface area contributed by atoms with Crippen LogP contribution in [0, 0.1) is 0 Å². The highest BCUT2D eigenvalue weighted by Crippen LogP contribution is 2.04. The van der Waals surface area contributed by atoms with Crippen LogP contribution < -0.4 is 5.73 Å². The van der Waals surface area contributed by atoms with E-state index in [-0.39, 0.29) is 17.8 Å². The van der Waals surface area contributed by atoms with Gasteiger partial charge in [-0.1, -0.05) is 0 Å². The second kappa shape index (κ2) is 7.00. The summed E-state index contributed by atoms with van der Waals surface area (Å²) in [7, 11) is 0. The van der Waals surface area contributed by atoms with Crippen molar-refractivity contribution in [2.75, 3.05) is 5.73 Å². The standard InChI is InChI=1S/C7H7NO2.C4H6O3/c8-6-3-1-5(2-4-6)7(9)10;1-3(5)2-4(6)7/h1-4H,8H2,(H,9,10);2H2,1H3,(H,6,7). The molecule has 1 aromatic carbocycles. The van der Waals surface area contributed by atoms with Crippen LogP contribution in [0.25, 0.3) is 0 Å². The van der Waals surface area contributed by atoms with Crippen molar-refractivity contribution >= 4 is 23.4 Å². The van der Waals surface area contributed by atoms with Crippen molar-refractivity contribution in [2.24, 2.45) is 0 Å². The highest BCUT2D eigenvalue weighted by Gasteiger charge is 1.99. The lowest BCUT2D eigenvalue weighted by Crippen LogP contribution is -2.00. The van der Waals surface area contributed by atoms with Crippen molar-refractivity contribution in [1.82, 2.24) is 0 Å². The van der Waals surface area contributed by atoms with Gasteiger partial charge in [-0.2, -0.15) is 0 Å². The van der Waals surface area contributed by atoms with Crippen molar-refractivity contribution in [3.8, 4) is 0 Å². The van der Waals surface area contributed by atoms with E-state index in [0.29, 0.717) is 5.69 Å². The summed E-state index contributed by atoms with van der Waals surface area (Å²) in [6.45, 7) is 1.24. The topological polar surface area (TPSA) is 118 Å². The molecule has 0 amide bonds. The fourth-order valence-electron chi connectivity index (χ4n) is 0.839. The summed E-state index contributed by atoms with van der Waals surface area (Å²) in [6.07, 6.45) is -0.361. The number of anilines is 1. The molecule has 0 radical (unpaired) electrons. The van der Waals surface area contributed by atoms with Crippen molar-refractivity contribution < 1.29 is 24.6 Å². The number of carbonyl (C=O) groups excluding carboxylic acids is 1. The number of hydrogen-bond acceptors (Lipinski definition) is 4. The number of aliphatic carboxylic acids is 1. The zero-order valence-corrected chi connectivity index (χ0v) is 9.21. The van der Waals surface area contributed by atoms with Gasteiger partial charge in [0.1, 0.15) is 12.2 Å². The minimum atomic E-state index is -1.06. The van der Waals surface area contributed by atoms with E-state index in [1.165, 1.54) is 19.1 Å². The Hall–Kier alpha value is -2.37. The van der Waals surface area contributed by atoms with Gasteiger partial charge in [-0.3, -0.25) is 9.59 Å². The Bertz CT molecular complexity index is 398. The van der Waals surface area contributed by atoms with Gasteiger partial charge < -0.3 is 15.9 Å². The summed E-state index contributed by atoms with van der Waals surface area (Å²) in [5.74, 6) is -2.31. The van der Waals surface area contributed by atoms with Gasteiger partial charge in [0.2, 0.25) is 0 Å². The fraction of sp³-hybridized carbons (Fsp3) is 0.182. The summed E-state index contributed by atoms with van der Waals surface area (Å²) in [5, 5.41) is 16.3. The van der Waals surface area contributed by atoms with E-state index < -0.39 is 11.9 Å². The van der Waals surface area contributed by atoms with Crippen LogP contribution in [-0.4, -0.2) is 27.9 Å². The van der Waals surface area contributed by atoms with E-state index in [9.17, 15) is 14.4 Å². The third kappa shape index (κ3) is 7.55. The molecule has 6 nitrogen and oxygen atoms in total. The van der Waals surface area contributed by atoms with Crippen LogP contribution in [0.4, 0.5) is 5.69 Å². The van der Waals surface area contributed by atoms with Gasteiger partial charge in [0, 0.05) is 5.69 Å². The molecule has 1 rings (SSSR count). The van der Waals surface area contributed by atoms with Gasteiger partial charge in [-0.15, -0.1) is 0 Å². The number of ketones is 1. The zero-order chi connectivity index (χ0) is 13.4. The number of rotatable bonds is 3. The summed E-state index contributed by atoms with van der Waals surface area (Å²) in [6, 6.07) is 6.06. The maximum Gasteiger partial charge on any atom is 0.335 e. The predicted octanol–water partition coefficient (Wildman–Crippen LogP) is 1.02. The Balaban J connectivity index is 0.000000325. The summed E-state index contributed by atoms with van der Waals surface area (Å²) < 4.78 is 0. The molecule has 0 fully saturated rings. The van der Waals surface area contributed by atoms with Crippen molar-refractivity contribution in [3.05, 3.63) is 29.8 Å². The first-order valence-corrected chi connectivity index (χ1v) is 4.63. The van der Waals surface area contributed by atoms with E-state index >= 15 is 0 Å². The van der Waals surface area contributed by atoms with Crippen LogP contribution in [-0.2, 0) is 9.59 Å². The Morgan fingerprint density at radius 2 is 1.59 bits per heavy atom. The van der Waals surface area contributed by atoms with E-state index in [4.69, 9.17) is 15.9 Å². The smallest absolute Gasteiger partial charge is 0.335 e. The second-order valence-corrected chi connectivity index (χ2v) is 3.20. The third-order valence-electron chi connectivity index (χ3n) is 1.56. The molecule has 0 spiro atoms. The molecule has 0 unspecified atom stereocenters. The molecule has 0 aliphatic heterocycles. The van der Waals surface area contributed by atoms with E-state index in [2.05, 4.69) is 0 Å². The summed E-state index contributed by atoms with van der Waals surface area (Å²) >= 11 is 0. The second-order valence-electron chi connectivity index (χ2n) is 3.20. The van der Waals surface area contributed by atoms with Gasteiger partial charge >= 0.3 is 11.9 Å². The normalized spacial score (nSPS) is 8.76. The van der Waals surface area contributed by atoms with Crippen LogP contribution in [0.3, 0.4) is 0 Å². The minimum Gasteiger partial charge on any atom is -0.481 e. The van der Waals surface area contributed by atoms with Gasteiger partial charge in [0.25, 0.3) is 0 Å². The highest BCUT2D eigenvalue weighted by atomic mass is 16.4. The average Bonchev–Trinajstić information content (AvgIpc) is 2.16. The van der Waals surface area contributed by atoms with Crippen molar-refractivity contribution in [1.29, 1.82) is 0 Å². The molecule has 17 heavy (non-hydrogen) atoms. The number of nitrogens with two attached hydrogens (primary N) is 1. The lowest BCUT2D eigenvalue weighted by Gasteiger charge is -1.93. The first-order chi connectivity index (χ1) is 7.82. The first-order valence-electron chi connectivity index (χ1n) is 4.63. The maximum absolute atomic E-state index is 10.3. The molecule has 0 saturated heterocycles. The quantitative estimate of drug-likeness (QED) is 0.535. The molecule has 6 heteroatoms. The summed E-state index contributed by atoms with van der Waals surface area (Å²) in [5.41, 5.74) is 6.17. The number of nitrogen functional groups attached to an aromatic ring is 1. The Morgan fingerprint density at radius 1 is 1.12 bits per heavy atom. The summed E-state index contributed by atoms with van der Waals surface area (Å²) in [4.78, 5) is 29.7. The Kier molecular flexibility index (Phi) is 6.02.